The Morgan fingerprint density at radius 2 is 1.87 bits per heavy atom. The summed E-state index contributed by atoms with van der Waals surface area (Å²) in [7, 11) is -2.47. The lowest BCUT2D eigenvalue weighted by Gasteiger charge is -2.33. The normalized spacial score (nSPS) is 18.0. The topological polar surface area (TPSA) is 89.7 Å². The first-order valence-electron chi connectivity index (χ1n) is 7.31. The average Bonchev–Trinajstić information content (AvgIpc) is 2.54. The van der Waals surface area contributed by atoms with Gasteiger partial charge in [-0.3, -0.25) is 0 Å². The number of nitrogens with two attached hydrogens (primary N) is 1. The second-order valence-electron chi connectivity index (χ2n) is 5.59. The Morgan fingerprint density at radius 3 is 2.39 bits per heavy atom. The minimum absolute atomic E-state index is 0. The Kier molecular flexibility index (Phi) is 7.01. The van der Waals surface area contributed by atoms with Crippen molar-refractivity contribution < 1.29 is 17.9 Å². The molecule has 0 spiro atoms. The van der Waals surface area contributed by atoms with Crippen LogP contribution in [0, 0.1) is 5.92 Å². The van der Waals surface area contributed by atoms with Crippen LogP contribution in [0.1, 0.15) is 30.1 Å². The van der Waals surface area contributed by atoms with Crippen molar-refractivity contribution >= 4 is 28.4 Å². The molecule has 130 valence electrons. The molecule has 1 unspecified atom stereocenters. The minimum Gasteiger partial charge on any atom is -0.465 e. The van der Waals surface area contributed by atoms with Gasteiger partial charge in [0.25, 0.3) is 0 Å². The van der Waals surface area contributed by atoms with E-state index in [0.29, 0.717) is 19.0 Å². The van der Waals surface area contributed by atoms with Gasteiger partial charge in [0.15, 0.2) is 0 Å². The fourth-order valence-electron chi connectivity index (χ4n) is 2.75. The van der Waals surface area contributed by atoms with E-state index in [4.69, 9.17) is 5.73 Å². The van der Waals surface area contributed by atoms with Gasteiger partial charge >= 0.3 is 5.97 Å². The fourth-order valence-corrected chi connectivity index (χ4v) is 4.40. The van der Waals surface area contributed by atoms with Crippen molar-refractivity contribution in [3.8, 4) is 0 Å². The number of carbonyl (C=O) groups excluding carboxylic acids is 1. The highest BCUT2D eigenvalue weighted by Gasteiger charge is 2.33. The molecule has 2 N–H and O–H groups in total. The standard InChI is InChI=1S/C15H22N2O4S.ClH/c1-11(16)12-7-9-17(10-8-12)22(19,20)14-6-4-3-5-13(14)15(18)21-2;/h3-6,11-12H,7-10,16H2,1-2H3;1H. The molecular formula is C15H23ClN2O4S. The van der Waals surface area contributed by atoms with Crippen LogP contribution in [0.4, 0.5) is 0 Å². The third kappa shape index (κ3) is 4.23. The molecule has 0 aromatic heterocycles. The van der Waals surface area contributed by atoms with Crippen LogP contribution in [0.25, 0.3) is 0 Å². The molecule has 1 heterocycles. The van der Waals surface area contributed by atoms with Gasteiger partial charge in [0.1, 0.15) is 0 Å². The summed E-state index contributed by atoms with van der Waals surface area (Å²) in [6.45, 7) is 2.79. The van der Waals surface area contributed by atoms with Crippen molar-refractivity contribution in [2.75, 3.05) is 20.2 Å². The maximum absolute atomic E-state index is 12.8. The highest BCUT2D eigenvalue weighted by molar-refractivity contribution is 7.89. The number of ether oxygens (including phenoxy) is 1. The van der Waals surface area contributed by atoms with Crippen LogP contribution in [-0.4, -0.2) is 44.9 Å². The molecule has 0 aliphatic carbocycles. The summed E-state index contributed by atoms with van der Waals surface area (Å²) in [5.41, 5.74) is 5.95. The molecule has 1 saturated heterocycles. The van der Waals surface area contributed by atoms with Gasteiger partial charge in [0, 0.05) is 19.1 Å². The number of halogens is 1. The van der Waals surface area contributed by atoms with Crippen LogP contribution in [-0.2, 0) is 14.8 Å². The van der Waals surface area contributed by atoms with Crippen LogP contribution in [0.15, 0.2) is 29.2 Å². The predicted molar refractivity (Wildman–Crippen MR) is 90.2 cm³/mol. The summed E-state index contributed by atoms with van der Waals surface area (Å²) in [4.78, 5) is 11.8. The molecular weight excluding hydrogens is 340 g/mol. The largest absolute Gasteiger partial charge is 0.465 e. The van der Waals surface area contributed by atoms with Gasteiger partial charge in [0.2, 0.25) is 10.0 Å². The predicted octanol–water partition coefficient (Wildman–Crippen LogP) is 1.64. The maximum Gasteiger partial charge on any atom is 0.339 e. The number of rotatable bonds is 4. The van der Waals surface area contributed by atoms with Crippen LogP contribution in [0.2, 0.25) is 0 Å². The van der Waals surface area contributed by atoms with Crippen LogP contribution in [0.5, 0.6) is 0 Å². The van der Waals surface area contributed by atoms with E-state index in [2.05, 4.69) is 4.74 Å². The molecule has 1 atom stereocenters. The van der Waals surface area contributed by atoms with Crippen LogP contribution in [0.3, 0.4) is 0 Å². The Balaban J connectivity index is 0.00000264. The van der Waals surface area contributed by atoms with Crippen molar-refractivity contribution in [2.45, 2.75) is 30.7 Å². The number of benzene rings is 1. The first-order valence-corrected chi connectivity index (χ1v) is 8.75. The van der Waals surface area contributed by atoms with Crippen LogP contribution >= 0.6 is 12.4 Å². The lowest BCUT2D eigenvalue weighted by molar-refractivity contribution is 0.0596. The molecule has 0 amide bonds. The van der Waals surface area contributed by atoms with E-state index in [0.717, 1.165) is 12.8 Å². The molecule has 1 aliphatic rings. The van der Waals surface area contributed by atoms with Gasteiger partial charge in [-0.15, -0.1) is 12.4 Å². The Hall–Kier alpha value is -1.15. The number of hydrogen-bond donors (Lipinski definition) is 1. The fraction of sp³-hybridized carbons (Fsp3) is 0.533. The molecule has 0 saturated carbocycles. The zero-order valence-electron chi connectivity index (χ0n) is 13.3. The second-order valence-corrected chi connectivity index (χ2v) is 7.49. The molecule has 1 fully saturated rings. The van der Waals surface area contributed by atoms with Gasteiger partial charge in [0.05, 0.1) is 17.6 Å². The number of carbonyl (C=O) groups is 1. The number of methoxy groups -OCH3 is 1. The molecule has 23 heavy (non-hydrogen) atoms. The Bertz CT molecular complexity index is 641. The quantitative estimate of drug-likeness (QED) is 0.822. The third-order valence-electron chi connectivity index (χ3n) is 4.15. The van der Waals surface area contributed by atoms with E-state index in [1.165, 1.54) is 23.5 Å². The summed E-state index contributed by atoms with van der Waals surface area (Å²) in [6, 6.07) is 6.20. The van der Waals surface area contributed by atoms with E-state index in [1.54, 1.807) is 12.1 Å². The zero-order valence-corrected chi connectivity index (χ0v) is 14.9. The summed E-state index contributed by atoms with van der Waals surface area (Å²) < 4.78 is 31.7. The minimum atomic E-state index is -3.71. The summed E-state index contributed by atoms with van der Waals surface area (Å²) in [6.07, 6.45) is 1.47. The van der Waals surface area contributed by atoms with E-state index in [1.807, 2.05) is 6.92 Å². The summed E-state index contributed by atoms with van der Waals surface area (Å²) in [5, 5.41) is 0. The zero-order chi connectivity index (χ0) is 16.3. The van der Waals surface area contributed by atoms with Crippen LogP contribution < -0.4 is 5.73 Å². The van der Waals surface area contributed by atoms with E-state index < -0.39 is 16.0 Å². The monoisotopic (exact) mass is 362 g/mol. The van der Waals surface area contributed by atoms with E-state index >= 15 is 0 Å². The van der Waals surface area contributed by atoms with Gasteiger partial charge in [-0.1, -0.05) is 12.1 Å². The molecule has 1 aromatic carbocycles. The number of hydrogen-bond acceptors (Lipinski definition) is 5. The summed E-state index contributed by atoms with van der Waals surface area (Å²) in [5.74, 6) is -0.313. The molecule has 6 nitrogen and oxygen atoms in total. The van der Waals surface area contributed by atoms with Crippen molar-refractivity contribution in [1.82, 2.24) is 4.31 Å². The van der Waals surface area contributed by atoms with Gasteiger partial charge in [-0.05, 0) is 37.8 Å². The van der Waals surface area contributed by atoms with Gasteiger partial charge in [-0.25, -0.2) is 13.2 Å². The van der Waals surface area contributed by atoms with Gasteiger partial charge < -0.3 is 10.5 Å². The van der Waals surface area contributed by atoms with Gasteiger partial charge in [-0.2, -0.15) is 4.31 Å². The molecule has 1 aliphatic heterocycles. The molecule has 2 rings (SSSR count). The second kappa shape index (κ2) is 8.10. The smallest absolute Gasteiger partial charge is 0.339 e. The van der Waals surface area contributed by atoms with Crippen molar-refractivity contribution in [3.05, 3.63) is 29.8 Å². The van der Waals surface area contributed by atoms with E-state index in [9.17, 15) is 13.2 Å². The highest BCUT2D eigenvalue weighted by atomic mass is 35.5. The Labute approximate surface area is 143 Å². The van der Waals surface area contributed by atoms with Crippen molar-refractivity contribution in [2.24, 2.45) is 11.7 Å². The molecule has 0 bridgehead atoms. The molecule has 0 radical (unpaired) electrons. The number of nitrogens with zero attached hydrogens (tertiary/aromatic N) is 1. The van der Waals surface area contributed by atoms with E-state index in [-0.39, 0.29) is 28.9 Å². The Morgan fingerprint density at radius 1 is 1.30 bits per heavy atom. The molecule has 1 aromatic rings. The average molecular weight is 363 g/mol. The first kappa shape index (κ1) is 19.9. The first-order chi connectivity index (χ1) is 10.4. The highest BCUT2D eigenvalue weighted by Crippen LogP contribution is 2.27. The van der Waals surface area contributed by atoms with Crippen molar-refractivity contribution in [3.63, 3.8) is 0 Å². The number of piperidine rings is 1. The SMILES string of the molecule is COC(=O)c1ccccc1S(=O)(=O)N1CCC(C(C)N)CC1.Cl. The summed E-state index contributed by atoms with van der Waals surface area (Å²) >= 11 is 0. The maximum atomic E-state index is 12.8. The molecule has 8 heteroatoms. The number of esters is 1. The lowest BCUT2D eigenvalue weighted by Crippen LogP contribution is -2.42. The lowest BCUT2D eigenvalue weighted by atomic mass is 9.92. The number of sulfonamides is 1. The van der Waals surface area contributed by atoms with Crippen molar-refractivity contribution in [1.29, 1.82) is 0 Å². The third-order valence-corrected chi connectivity index (χ3v) is 6.11.